The summed E-state index contributed by atoms with van der Waals surface area (Å²) in [6.07, 6.45) is 2.90. The number of rotatable bonds is 4. The summed E-state index contributed by atoms with van der Waals surface area (Å²) in [6.45, 7) is 4.86. The van der Waals surface area contributed by atoms with Crippen LogP contribution in [0.25, 0.3) is 0 Å². The first-order chi connectivity index (χ1) is 9.91. The number of ether oxygens (including phenoxy) is 1. The highest BCUT2D eigenvalue weighted by molar-refractivity contribution is 7.89. The van der Waals surface area contributed by atoms with Crippen molar-refractivity contribution in [3.63, 3.8) is 0 Å². The molecular weight excluding hydrogens is 310 g/mol. The van der Waals surface area contributed by atoms with Gasteiger partial charge in [-0.25, -0.2) is 13.2 Å². The number of piperidine rings is 1. The van der Waals surface area contributed by atoms with Crippen LogP contribution in [-0.4, -0.2) is 38.9 Å². The third-order valence-corrected chi connectivity index (χ3v) is 7.21. The summed E-state index contributed by atoms with van der Waals surface area (Å²) in [5.74, 6) is -0.190. The van der Waals surface area contributed by atoms with E-state index < -0.39 is 16.0 Å². The van der Waals surface area contributed by atoms with Crippen LogP contribution in [0.4, 0.5) is 0 Å². The topological polar surface area (TPSA) is 63.7 Å². The van der Waals surface area contributed by atoms with Crippen molar-refractivity contribution in [3.8, 4) is 0 Å². The Hall–Kier alpha value is -0.920. The number of esters is 1. The van der Waals surface area contributed by atoms with Crippen molar-refractivity contribution in [2.24, 2.45) is 5.92 Å². The van der Waals surface area contributed by atoms with Gasteiger partial charge in [0.1, 0.15) is 9.77 Å². The molecule has 1 unspecified atom stereocenters. The molecule has 5 nitrogen and oxygen atoms in total. The van der Waals surface area contributed by atoms with E-state index in [0.29, 0.717) is 24.6 Å². The van der Waals surface area contributed by atoms with Gasteiger partial charge in [0.2, 0.25) is 10.0 Å². The van der Waals surface area contributed by atoms with E-state index in [2.05, 4.69) is 6.92 Å². The lowest BCUT2D eigenvalue weighted by atomic mass is 9.97. The van der Waals surface area contributed by atoms with E-state index in [9.17, 15) is 13.2 Å². The van der Waals surface area contributed by atoms with Gasteiger partial charge in [-0.05, 0) is 36.6 Å². The van der Waals surface area contributed by atoms with Crippen LogP contribution < -0.4 is 0 Å². The SMILES string of the molecule is CCC1CCCN(S(=O)(=O)c2c(C)csc2C(=O)OC)C1. The molecule has 0 spiro atoms. The number of carbonyl (C=O) groups excluding carboxylic acids is 1. The van der Waals surface area contributed by atoms with Crippen LogP contribution in [0.5, 0.6) is 0 Å². The van der Waals surface area contributed by atoms with Crippen LogP contribution in [0.15, 0.2) is 10.3 Å². The molecule has 2 heterocycles. The first kappa shape index (κ1) is 16.5. The highest BCUT2D eigenvalue weighted by Crippen LogP contribution is 2.32. The minimum Gasteiger partial charge on any atom is -0.465 e. The molecule has 21 heavy (non-hydrogen) atoms. The summed E-state index contributed by atoms with van der Waals surface area (Å²) in [6, 6.07) is 0. The predicted octanol–water partition coefficient (Wildman–Crippen LogP) is 2.65. The molecule has 0 N–H and O–H groups in total. The first-order valence-electron chi connectivity index (χ1n) is 7.08. The van der Waals surface area contributed by atoms with Crippen LogP contribution in [0.2, 0.25) is 0 Å². The lowest BCUT2D eigenvalue weighted by molar-refractivity contribution is 0.0602. The van der Waals surface area contributed by atoms with Gasteiger partial charge in [0.25, 0.3) is 0 Å². The van der Waals surface area contributed by atoms with E-state index >= 15 is 0 Å². The van der Waals surface area contributed by atoms with Crippen molar-refractivity contribution in [2.75, 3.05) is 20.2 Å². The molecule has 0 saturated carbocycles. The molecule has 0 amide bonds. The molecule has 1 atom stereocenters. The zero-order valence-electron chi connectivity index (χ0n) is 12.6. The minimum atomic E-state index is -3.64. The third-order valence-electron chi connectivity index (χ3n) is 3.95. The molecule has 7 heteroatoms. The largest absolute Gasteiger partial charge is 0.465 e. The van der Waals surface area contributed by atoms with Gasteiger partial charge in [0.15, 0.2) is 0 Å². The fraction of sp³-hybridized carbons (Fsp3) is 0.643. The quantitative estimate of drug-likeness (QED) is 0.796. The Labute approximate surface area is 130 Å². The van der Waals surface area contributed by atoms with Crippen molar-refractivity contribution in [1.82, 2.24) is 4.31 Å². The second kappa shape index (κ2) is 6.46. The number of nitrogens with zero attached hydrogens (tertiary/aromatic N) is 1. The Morgan fingerprint density at radius 1 is 1.52 bits per heavy atom. The average Bonchev–Trinajstić information content (AvgIpc) is 2.89. The van der Waals surface area contributed by atoms with Crippen LogP contribution in [-0.2, 0) is 14.8 Å². The summed E-state index contributed by atoms with van der Waals surface area (Å²) >= 11 is 1.13. The lowest BCUT2D eigenvalue weighted by Gasteiger charge is -2.31. The molecule has 0 bridgehead atoms. The van der Waals surface area contributed by atoms with Gasteiger partial charge in [-0.1, -0.05) is 13.3 Å². The first-order valence-corrected chi connectivity index (χ1v) is 9.40. The molecule has 1 fully saturated rings. The maximum Gasteiger partial charge on any atom is 0.349 e. The Morgan fingerprint density at radius 2 is 2.24 bits per heavy atom. The summed E-state index contributed by atoms with van der Waals surface area (Å²) in [4.78, 5) is 12.1. The Balaban J connectivity index is 2.40. The Bertz CT molecular complexity index is 621. The summed E-state index contributed by atoms with van der Waals surface area (Å²) < 4.78 is 32.0. The smallest absolute Gasteiger partial charge is 0.349 e. The number of hydrogen-bond acceptors (Lipinski definition) is 5. The standard InChI is InChI=1S/C14H21NO4S2/c1-4-11-6-5-7-15(8-11)21(17,18)13-10(2)9-20-12(13)14(16)19-3/h9,11H,4-8H2,1-3H3. The molecule has 1 aromatic rings. The maximum atomic E-state index is 12.9. The van der Waals surface area contributed by atoms with Crippen LogP contribution in [0, 0.1) is 12.8 Å². The van der Waals surface area contributed by atoms with Crippen LogP contribution >= 0.6 is 11.3 Å². The summed E-state index contributed by atoms with van der Waals surface area (Å²) in [7, 11) is -2.37. The average molecular weight is 331 g/mol. The molecule has 1 aromatic heterocycles. The normalized spacial score (nSPS) is 20.4. The number of methoxy groups -OCH3 is 1. The Kier molecular flexibility index (Phi) is 5.06. The fourth-order valence-corrected chi connectivity index (χ4v) is 5.91. The van der Waals surface area contributed by atoms with Crippen molar-refractivity contribution >= 4 is 27.3 Å². The van der Waals surface area contributed by atoms with Gasteiger partial charge in [0, 0.05) is 13.1 Å². The van der Waals surface area contributed by atoms with Crippen molar-refractivity contribution in [1.29, 1.82) is 0 Å². The highest BCUT2D eigenvalue weighted by Gasteiger charge is 2.35. The summed E-state index contributed by atoms with van der Waals surface area (Å²) in [5, 5.41) is 1.69. The third kappa shape index (κ3) is 3.14. The number of aryl methyl sites for hydroxylation is 1. The zero-order valence-corrected chi connectivity index (χ0v) is 14.2. The van der Waals surface area contributed by atoms with Gasteiger partial charge < -0.3 is 4.74 Å². The highest BCUT2D eigenvalue weighted by atomic mass is 32.2. The van der Waals surface area contributed by atoms with E-state index in [1.165, 1.54) is 11.4 Å². The van der Waals surface area contributed by atoms with Gasteiger partial charge in [-0.3, -0.25) is 0 Å². The molecular formula is C14H21NO4S2. The predicted molar refractivity (Wildman–Crippen MR) is 82.2 cm³/mol. The van der Waals surface area contributed by atoms with Crippen LogP contribution in [0.3, 0.4) is 0 Å². The van der Waals surface area contributed by atoms with Gasteiger partial charge in [-0.15, -0.1) is 11.3 Å². The van der Waals surface area contributed by atoms with Gasteiger partial charge >= 0.3 is 5.97 Å². The van der Waals surface area contributed by atoms with E-state index in [0.717, 1.165) is 30.6 Å². The van der Waals surface area contributed by atoms with Crippen molar-refractivity contribution in [2.45, 2.75) is 38.0 Å². The molecule has 0 radical (unpaired) electrons. The Morgan fingerprint density at radius 3 is 2.86 bits per heavy atom. The summed E-state index contributed by atoms with van der Waals surface area (Å²) in [5.41, 5.74) is 0.610. The molecule has 0 aromatic carbocycles. The van der Waals surface area contributed by atoms with E-state index in [1.807, 2.05) is 0 Å². The molecule has 118 valence electrons. The molecule has 1 saturated heterocycles. The van der Waals surface area contributed by atoms with Crippen molar-refractivity contribution < 1.29 is 17.9 Å². The number of carbonyl (C=O) groups is 1. The monoisotopic (exact) mass is 331 g/mol. The van der Waals surface area contributed by atoms with Gasteiger partial charge in [-0.2, -0.15) is 4.31 Å². The lowest BCUT2D eigenvalue weighted by Crippen LogP contribution is -2.40. The maximum absolute atomic E-state index is 12.9. The van der Waals surface area contributed by atoms with Gasteiger partial charge in [0.05, 0.1) is 7.11 Å². The zero-order chi connectivity index (χ0) is 15.6. The second-order valence-electron chi connectivity index (χ2n) is 5.35. The van der Waals surface area contributed by atoms with E-state index in [-0.39, 0.29) is 9.77 Å². The molecule has 1 aliphatic rings. The number of hydrogen-bond donors (Lipinski definition) is 0. The number of sulfonamides is 1. The van der Waals surface area contributed by atoms with E-state index in [4.69, 9.17) is 4.74 Å². The number of thiophene rings is 1. The molecule has 1 aliphatic heterocycles. The fourth-order valence-electron chi connectivity index (χ4n) is 2.70. The second-order valence-corrected chi connectivity index (χ2v) is 8.10. The van der Waals surface area contributed by atoms with Crippen LogP contribution in [0.1, 0.15) is 41.4 Å². The molecule has 2 rings (SSSR count). The van der Waals surface area contributed by atoms with E-state index in [1.54, 1.807) is 12.3 Å². The molecule has 0 aliphatic carbocycles. The minimum absolute atomic E-state index is 0.121. The van der Waals surface area contributed by atoms with Crippen molar-refractivity contribution in [3.05, 3.63) is 15.8 Å².